The average molecular weight is 275 g/mol. The molecular formula is C17H29N3. The summed E-state index contributed by atoms with van der Waals surface area (Å²) < 4.78 is 0. The van der Waals surface area contributed by atoms with Crippen LogP contribution in [0.25, 0.3) is 0 Å². The summed E-state index contributed by atoms with van der Waals surface area (Å²) in [4.78, 5) is 7.45. The maximum absolute atomic E-state index is 4.93. The number of aromatic nitrogens is 1. The largest absolute Gasteiger partial charge is 0.353 e. The molecule has 0 amide bonds. The fourth-order valence-corrected chi connectivity index (χ4v) is 3.11. The monoisotopic (exact) mass is 275 g/mol. The summed E-state index contributed by atoms with van der Waals surface area (Å²) in [6.45, 7) is 11.2. The van der Waals surface area contributed by atoms with Crippen LogP contribution in [0.4, 0.5) is 5.82 Å². The summed E-state index contributed by atoms with van der Waals surface area (Å²) in [7, 11) is 2.00. The van der Waals surface area contributed by atoms with Crippen LogP contribution in [0.5, 0.6) is 0 Å². The Morgan fingerprint density at radius 3 is 2.65 bits per heavy atom. The molecule has 0 saturated carbocycles. The number of pyridine rings is 1. The third-order valence-electron chi connectivity index (χ3n) is 4.23. The second-order valence-electron chi connectivity index (χ2n) is 6.59. The summed E-state index contributed by atoms with van der Waals surface area (Å²) in [6.07, 6.45) is 2.59. The topological polar surface area (TPSA) is 28.2 Å². The third kappa shape index (κ3) is 3.32. The van der Waals surface area contributed by atoms with Gasteiger partial charge in [-0.3, -0.25) is 0 Å². The molecule has 0 aliphatic carbocycles. The van der Waals surface area contributed by atoms with Gasteiger partial charge in [0.15, 0.2) is 0 Å². The Kier molecular flexibility index (Phi) is 5.03. The van der Waals surface area contributed by atoms with Gasteiger partial charge in [0, 0.05) is 24.8 Å². The van der Waals surface area contributed by atoms with E-state index in [4.69, 9.17) is 4.98 Å². The minimum absolute atomic E-state index is 0.477. The first kappa shape index (κ1) is 15.3. The highest BCUT2D eigenvalue weighted by molar-refractivity contribution is 5.45. The van der Waals surface area contributed by atoms with Gasteiger partial charge in [-0.1, -0.05) is 27.7 Å². The van der Waals surface area contributed by atoms with Gasteiger partial charge in [-0.15, -0.1) is 0 Å². The lowest BCUT2D eigenvalue weighted by atomic mass is 10.0. The number of nitrogens with one attached hydrogen (secondary N) is 1. The smallest absolute Gasteiger partial charge is 0.129 e. The molecule has 1 atom stereocenters. The van der Waals surface area contributed by atoms with Gasteiger partial charge in [0.2, 0.25) is 0 Å². The van der Waals surface area contributed by atoms with E-state index >= 15 is 0 Å². The molecule has 0 aromatic carbocycles. The van der Waals surface area contributed by atoms with Crippen molar-refractivity contribution in [3.8, 4) is 0 Å². The fourth-order valence-electron chi connectivity index (χ4n) is 3.11. The second-order valence-corrected chi connectivity index (χ2v) is 6.59. The molecule has 1 aromatic rings. The van der Waals surface area contributed by atoms with Gasteiger partial charge in [-0.05, 0) is 49.4 Å². The average Bonchev–Trinajstić information content (AvgIpc) is 2.88. The molecule has 0 spiro atoms. The SMILES string of the molecule is CNCc1cc(C(C)C)nc(N2CCCC2C(C)C)c1. The Hall–Kier alpha value is -1.09. The number of rotatable bonds is 5. The van der Waals surface area contributed by atoms with Crippen LogP contribution < -0.4 is 10.2 Å². The molecule has 1 N–H and O–H groups in total. The van der Waals surface area contributed by atoms with E-state index in [9.17, 15) is 0 Å². The van der Waals surface area contributed by atoms with Gasteiger partial charge in [-0.2, -0.15) is 0 Å². The maximum atomic E-state index is 4.93. The molecule has 0 bridgehead atoms. The standard InChI is InChI=1S/C17H29N3/c1-12(2)15-9-14(11-18-5)10-17(19-15)20-8-6-7-16(20)13(3)4/h9-10,12-13,16,18H,6-8,11H2,1-5H3. The minimum atomic E-state index is 0.477. The van der Waals surface area contributed by atoms with Crippen molar-refractivity contribution < 1.29 is 0 Å². The van der Waals surface area contributed by atoms with Crippen molar-refractivity contribution in [2.75, 3.05) is 18.5 Å². The van der Waals surface area contributed by atoms with Crippen molar-refractivity contribution >= 4 is 5.82 Å². The van der Waals surface area contributed by atoms with Crippen LogP contribution in [0.2, 0.25) is 0 Å². The summed E-state index contributed by atoms with van der Waals surface area (Å²) in [5.74, 6) is 2.35. The van der Waals surface area contributed by atoms with E-state index in [1.807, 2.05) is 7.05 Å². The van der Waals surface area contributed by atoms with Crippen LogP contribution in [0, 0.1) is 5.92 Å². The number of hydrogen-bond donors (Lipinski definition) is 1. The maximum Gasteiger partial charge on any atom is 0.129 e. The van der Waals surface area contributed by atoms with Gasteiger partial charge >= 0.3 is 0 Å². The highest BCUT2D eigenvalue weighted by Gasteiger charge is 2.28. The lowest BCUT2D eigenvalue weighted by Crippen LogP contribution is -2.34. The first-order valence-corrected chi connectivity index (χ1v) is 7.95. The molecule has 2 rings (SSSR count). The molecule has 1 aromatic heterocycles. The third-order valence-corrected chi connectivity index (χ3v) is 4.23. The van der Waals surface area contributed by atoms with E-state index in [1.54, 1.807) is 0 Å². The zero-order valence-corrected chi connectivity index (χ0v) is 13.6. The van der Waals surface area contributed by atoms with E-state index in [0.717, 1.165) is 13.1 Å². The van der Waals surface area contributed by atoms with Crippen molar-refractivity contribution in [3.63, 3.8) is 0 Å². The Bertz CT molecular complexity index is 440. The lowest BCUT2D eigenvalue weighted by molar-refractivity contribution is 0.489. The highest BCUT2D eigenvalue weighted by Crippen LogP contribution is 2.30. The molecule has 20 heavy (non-hydrogen) atoms. The van der Waals surface area contributed by atoms with Crippen molar-refractivity contribution in [1.29, 1.82) is 0 Å². The van der Waals surface area contributed by atoms with Crippen LogP contribution in [0.15, 0.2) is 12.1 Å². The Morgan fingerprint density at radius 1 is 1.30 bits per heavy atom. The summed E-state index contributed by atoms with van der Waals surface area (Å²) in [6, 6.07) is 5.15. The van der Waals surface area contributed by atoms with E-state index in [2.05, 4.69) is 50.0 Å². The Morgan fingerprint density at radius 2 is 2.05 bits per heavy atom. The Balaban J connectivity index is 2.34. The van der Waals surface area contributed by atoms with Gasteiger partial charge in [-0.25, -0.2) is 4.98 Å². The van der Waals surface area contributed by atoms with Crippen molar-refractivity contribution in [3.05, 3.63) is 23.4 Å². The normalized spacial score (nSPS) is 19.4. The zero-order valence-electron chi connectivity index (χ0n) is 13.6. The molecule has 3 heteroatoms. The predicted molar refractivity (Wildman–Crippen MR) is 86.3 cm³/mol. The number of hydrogen-bond acceptors (Lipinski definition) is 3. The summed E-state index contributed by atoms with van der Waals surface area (Å²) >= 11 is 0. The molecule has 1 fully saturated rings. The van der Waals surface area contributed by atoms with Gasteiger partial charge in [0.25, 0.3) is 0 Å². The highest BCUT2D eigenvalue weighted by atomic mass is 15.2. The van der Waals surface area contributed by atoms with Crippen molar-refractivity contribution in [1.82, 2.24) is 10.3 Å². The number of anilines is 1. The first-order valence-electron chi connectivity index (χ1n) is 7.95. The molecule has 1 aliphatic rings. The molecule has 1 unspecified atom stereocenters. The second kappa shape index (κ2) is 6.57. The van der Waals surface area contributed by atoms with E-state index in [-0.39, 0.29) is 0 Å². The molecule has 2 heterocycles. The van der Waals surface area contributed by atoms with Gasteiger partial charge in [0.05, 0.1) is 0 Å². The molecule has 1 aliphatic heterocycles. The molecule has 1 saturated heterocycles. The van der Waals surface area contributed by atoms with Crippen molar-refractivity contribution in [2.45, 2.75) is 59.0 Å². The first-order chi connectivity index (χ1) is 9.52. The van der Waals surface area contributed by atoms with Crippen LogP contribution in [-0.2, 0) is 6.54 Å². The lowest BCUT2D eigenvalue weighted by Gasteiger charge is -2.29. The van der Waals surface area contributed by atoms with Crippen molar-refractivity contribution in [2.24, 2.45) is 5.92 Å². The van der Waals surface area contributed by atoms with E-state index in [0.29, 0.717) is 17.9 Å². The zero-order chi connectivity index (χ0) is 14.7. The van der Waals surface area contributed by atoms with Gasteiger partial charge in [0.1, 0.15) is 5.82 Å². The summed E-state index contributed by atoms with van der Waals surface area (Å²) in [5, 5.41) is 3.26. The molecule has 0 radical (unpaired) electrons. The summed E-state index contributed by atoms with van der Waals surface area (Å²) in [5.41, 5.74) is 2.55. The minimum Gasteiger partial charge on any atom is -0.353 e. The van der Waals surface area contributed by atoms with E-state index < -0.39 is 0 Å². The van der Waals surface area contributed by atoms with Crippen LogP contribution in [0.1, 0.15) is 57.7 Å². The fraction of sp³-hybridized carbons (Fsp3) is 0.706. The Labute approximate surface area is 123 Å². The predicted octanol–water partition coefficient (Wildman–Crippen LogP) is 3.55. The molecule has 112 valence electrons. The van der Waals surface area contributed by atoms with Gasteiger partial charge < -0.3 is 10.2 Å². The number of nitrogens with zero attached hydrogens (tertiary/aromatic N) is 2. The van der Waals surface area contributed by atoms with Crippen LogP contribution in [-0.4, -0.2) is 24.6 Å². The van der Waals surface area contributed by atoms with Crippen LogP contribution >= 0.6 is 0 Å². The quantitative estimate of drug-likeness (QED) is 0.890. The van der Waals surface area contributed by atoms with E-state index in [1.165, 1.54) is 29.9 Å². The molecule has 3 nitrogen and oxygen atoms in total. The van der Waals surface area contributed by atoms with Crippen LogP contribution in [0.3, 0.4) is 0 Å². The molecular weight excluding hydrogens is 246 g/mol.